The van der Waals surface area contributed by atoms with Crippen LogP contribution in [0.1, 0.15) is 29.4 Å². The van der Waals surface area contributed by atoms with Crippen molar-refractivity contribution in [2.24, 2.45) is 0 Å². The fraction of sp³-hybridized carbons (Fsp3) is 0.333. The van der Waals surface area contributed by atoms with Crippen LogP contribution < -0.4 is 15.2 Å². The summed E-state index contributed by atoms with van der Waals surface area (Å²) in [5, 5.41) is 0. The number of likely N-dealkylation sites (N-methyl/N-ethyl adjacent to an activating group) is 1. The molecule has 3 aromatic rings. The molecule has 1 unspecified atom stereocenters. The minimum absolute atomic E-state index is 0.232. The maximum absolute atomic E-state index is 6.27. The van der Waals surface area contributed by atoms with Crippen LogP contribution in [-0.2, 0) is 0 Å². The molecule has 1 atom stereocenters. The van der Waals surface area contributed by atoms with E-state index in [0.717, 1.165) is 48.7 Å². The van der Waals surface area contributed by atoms with E-state index >= 15 is 0 Å². The van der Waals surface area contributed by atoms with Gasteiger partial charge in [-0.2, -0.15) is 0 Å². The monoisotopic (exact) mass is 472 g/mol. The Morgan fingerprint density at radius 2 is 1.97 bits per heavy atom. The lowest BCUT2D eigenvalue weighted by atomic mass is 10.1. The molecule has 2 aromatic heterocycles. The largest absolute Gasteiger partial charge is 0.497 e. The Kier molecular flexibility index (Phi) is 7.28. The third-order valence-corrected chi connectivity index (χ3v) is 6.03. The number of likely N-dealkylation sites (tertiary alicyclic amines) is 1. The maximum Gasteiger partial charge on any atom is 0.150 e. The molecule has 1 saturated heterocycles. The van der Waals surface area contributed by atoms with Crippen LogP contribution in [0, 0.1) is 11.8 Å². The lowest BCUT2D eigenvalue weighted by molar-refractivity contribution is 0.394. The van der Waals surface area contributed by atoms with Crippen LogP contribution in [0.25, 0.3) is 5.52 Å². The van der Waals surface area contributed by atoms with Crippen molar-refractivity contribution in [3.63, 3.8) is 0 Å². The predicted octanol–water partition coefficient (Wildman–Crippen LogP) is 3.15. The van der Waals surface area contributed by atoms with Crippen molar-refractivity contribution in [2.75, 3.05) is 53.7 Å². The average Bonchev–Trinajstić information content (AvgIpc) is 3.48. The second-order valence-corrected chi connectivity index (χ2v) is 8.79. The van der Waals surface area contributed by atoms with E-state index in [9.17, 15) is 0 Å². The predicted molar refractivity (Wildman–Crippen MR) is 139 cm³/mol. The molecule has 4 rings (SSSR count). The molecular formula is C27H32N6O2. The first-order valence-corrected chi connectivity index (χ1v) is 11.5. The highest BCUT2D eigenvalue weighted by Gasteiger charge is 2.28. The van der Waals surface area contributed by atoms with Crippen LogP contribution in [-0.4, -0.2) is 72.1 Å². The first kappa shape index (κ1) is 24.2. The summed E-state index contributed by atoms with van der Waals surface area (Å²) in [5.41, 5.74) is 9.38. The van der Waals surface area contributed by atoms with Gasteiger partial charge in [0.2, 0.25) is 0 Å². The summed E-state index contributed by atoms with van der Waals surface area (Å²) >= 11 is 0. The van der Waals surface area contributed by atoms with Crippen molar-refractivity contribution < 1.29 is 9.47 Å². The molecule has 0 amide bonds. The van der Waals surface area contributed by atoms with Crippen LogP contribution in [0.15, 0.2) is 55.0 Å². The molecule has 1 aliphatic heterocycles. The maximum atomic E-state index is 6.27. The Balaban J connectivity index is 1.63. The number of ether oxygens (including phenoxy) is 2. The number of benzene rings is 1. The summed E-state index contributed by atoms with van der Waals surface area (Å²) in [7, 11) is 7.33. The normalized spacial score (nSPS) is 15.6. The number of anilines is 1. The first-order valence-electron chi connectivity index (χ1n) is 11.5. The van der Waals surface area contributed by atoms with Gasteiger partial charge in [0.1, 0.15) is 28.5 Å². The van der Waals surface area contributed by atoms with Crippen molar-refractivity contribution in [2.45, 2.75) is 12.3 Å². The van der Waals surface area contributed by atoms with E-state index in [-0.39, 0.29) is 5.92 Å². The first-order chi connectivity index (χ1) is 16.9. The van der Waals surface area contributed by atoms with Gasteiger partial charge in [-0.25, -0.2) is 9.97 Å². The number of methoxy groups -OCH3 is 2. The number of nitrogens with two attached hydrogens (primary N) is 1. The molecule has 35 heavy (non-hydrogen) atoms. The molecular weight excluding hydrogens is 440 g/mol. The van der Waals surface area contributed by atoms with Crippen molar-refractivity contribution >= 4 is 11.3 Å². The standard InChI is InChI=1S/C27H32N6O2/c1-19(7-6-12-31(2)3)32-13-10-21(18-32)27-30-24(25-26(28)29-11-14-33(25)27)9-8-20-15-22(34-4)17-23(16-20)35-5/h6-7,11,14-17,21H,1,10,12-13,18H2,2-5H3,(H2,28,29)/b7-6+. The molecule has 0 aliphatic carbocycles. The molecule has 1 aromatic carbocycles. The number of fused-ring (bicyclic) bond motifs is 1. The van der Waals surface area contributed by atoms with Crippen LogP contribution in [0.2, 0.25) is 0 Å². The summed E-state index contributed by atoms with van der Waals surface area (Å²) in [6, 6.07) is 5.54. The molecule has 3 heterocycles. The highest BCUT2D eigenvalue weighted by molar-refractivity contribution is 5.73. The topological polar surface area (TPSA) is 81.1 Å². The van der Waals surface area contributed by atoms with Gasteiger partial charge in [0.05, 0.1) is 14.2 Å². The van der Waals surface area contributed by atoms with Gasteiger partial charge in [-0.3, -0.25) is 4.40 Å². The molecule has 1 aliphatic rings. The zero-order valence-corrected chi connectivity index (χ0v) is 20.8. The Labute approximate surface area is 206 Å². The third kappa shape index (κ3) is 5.42. The number of nitrogen functional groups attached to an aromatic ring is 1. The van der Waals surface area contributed by atoms with E-state index in [1.54, 1.807) is 20.4 Å². The number of allylic oxidation sites excluding steroid dienone is 1. The van der Waals surface area contributed by atoms with Gasteiger partial charge in [0.15, 0.2) is 5.82 Å². The van der Waals surface area contributed by atoms with Gasteiger partial charge in [-0.15, -0.1) is 0 Å². The van der Waals surface area contributed by atoms with Crippen molar-refractivity contribution in [3.8, 4) is 23.3 Å². The SMILES string of the molecule is C=C(/C=C/CN(C)C)N1CCC(c2nc(C#Cc3cc(OC)cc(OC)c3)c3c(N)nccn23)C1. The van der Waals surface area contributed by atoms with Crippen LogP contribution in [0.3, 0.4) is 0 Å². The summed E-state index contributed by atoms with van der Waals surface area (Å²) in [5.74, 6) is 9.32. The number of hydrogen-bond acceptors (Lipinski definition) is 7. The molecule has 0 spiro atoms. The van der Waals surface area contributed by atoms with Crippen molar-refractivity contribution in [3.05, 3.63) is 72.1 Å². The van der Waals surface area contributed by atoms with Gasteiger partial charge < -0.3 is 25.0 Å². The number of aromatic nitrogens is 3. The molecule has 8 nitrogen and oxygen atoms in total. The van der Waals surface area contributed by atoms with Crippen molar-refractivity contribution in [1.82, 2.24) is 24.2 Å². The molecule has 0 radical (unpaired) electrons. The molecule has 1 fully saturated rings. The molecule has 0 saturated carbocycles. The fourth-order valence-corrected chi connectivity index (χ4v) is 4.21. The number of imidazole rings is 1. The van der Waals surface area contributed by atoms with Crippen LogP contribution >= 0.6 is 0 Å². The number of nitrogens with zero attached hydrogens (tertiary/aromatic N) is 5. The van der Waals surface area contributed by atoms with Crippen LogP contribution in [0.4, 0.5) is 5.82 Å². The van der Waals surface area contributed by atoms with Gasteiger partial charge in [-0.05, 0) is 44.6 Å². The van der Waals surface area contributed by atoms with Gasteiger partial charge in [-0.1, -0.05) is 18.6 Å². The second-order valence-electron chi connectivity index (χ2n) is 8.79. The Hall–Kier alpha value is -3.96. The minimum atomic E-state index is 0.232. The van der Waals surface area contributed by atoms with Crippen LogP contribution in [0.5, 0.6) is 11.5 Å². The summed E-state index contributed by atoms with van der Waals surface area (Å²) in [4.78, 5) is 13.6. The molecule has 2 N–H and O–H groups in total. The lowest BCUT2D eigenvalue weighted by Crippen LogP contribution is -2.19. The van der Waals surface area contributed by atoms with Gasteiger partial charge >= 0.3 is 0 Å². The minimum Gasteiger partial charge on any atom is -0.497 e. The Bertz CT molecular complexity index is 1290. The summed E-state index contributed by atoms with van der Waals surface area (Å²) < 4.78 is 12.7. The molecule has 182 valence electrons. The number of hydrogen-bond donors (Lipinski definition) is 1. The van der Waals surface area contributed by atoms with E-state index in [1.807, 2.05) is 42.9 Å². The third-order valence-electron chi connectivity index (χ3n) is 6.03. The van der Waals surface area contributed by atoms with Gasteiger partial charge in [0.25, 0.3) is 0 Å². The summed E-state index contributed by atoms with van der Waals surface area (Å²) in [6.07, 6.45) is 8.80. The second kappa shape index (κ2) is 10.5. The summed E-state index contributed by atoms with van der Waals surface area (Å²) in [6.45, 7) is 6.90. The molecule has 8 heteroatoms. The van der Waals surface area contributed by atoms with E-state index in [1.165, 1.54) is 0 Å². The van der Waals surface area contributed by atoms with Crippen molar-refractivity contribution in [1.29, 1.82) is 0 Å². The van der Waals surface area contributed by atoms with E-state index < -0.39 is 0 Å². The quantitative estimate of drug-likeness (QED) is 0.418. The Morgan fingerprint density at radius 1 is 1.23 bits per heavy atom. The van der Waals surface area contributed by atoms with E-state index in [4.69, 9.17) is 20.2 Å². The Morgan fingerprint density at radius 3 is 2.66 bits per heavy atom. The fourth-order valence-electron chi connectivity index (χ4n) is 4.21. The average molecular weight is 473 g/mol. The smallest absolute Gasteiger partial charge is 0.150 e. The van der Waals surface area contributed by atoms with E-state index in [2.05, 4.69) is 45.4 Å². The highest BCUT2D eigenvalue weighted by Crippen LogP contribution is 2.31. The van der Waals surface area contributed by atoms with Gasteiger partial charge in [0, 0.05) is 55.3 Å². The lowest BCUT2D eigenvalue weighted by Gasteiger charge is -2.18. The zero-order chi connectivity index (χ0) is 24.9. The van der Waals surface area contributed by atoms with E-state index in [0.29, 0.717) is 23.0 Å². The zero-order valence-electron chi connectivity index (χ0n) is 20.8. The highest BCUT2D eigenvalue weighted by atomic mass is 16.5. The number of rotatable bonds is 7. The molecule has 0 bridgehead atoms.